The molecule has 0 unspecified atom stereocenters. The van der Waals surface area contributed by atoms with E-state index in [0.717, 1.165) is 28.3 Å². The second-order valence-electron chi connectivity index (χ2n) is 7.09. The average molecular weight is 425 g/mol. The van der Waals surface area contributed by atoms with E-state index in [-0.39, 0.29) is 5.91 Å². The number of hydrogen-bond acceptors (Lipinski definition) is 6. The smallest absolute Gasteiger partial charge is 0.255 e. The van der Waals surface area contributed by atoms with Gasteiger partial charge in [0.15, 0.2) is 11.5 Å². The molecule has 3 aromatic rings. The van der Waals surface area contributed by atoms with Crippen molar-refractivity contribution >= 4 is 17.3 Å². The fourth-order valence-electron chi connectivity index (χ4n) is 3.30. The number of hydrogen-bond donors (Lipinski definition) is 2. The molecular formula is C23H28N4O4. The lowest BCUT2D eigenvalue weighted by Crippen LogP contribution is -2.13. The summed E-state index contributed by atoms with van der Waals surface area (Å²) in [4.78, 5) is 12.6. The SMILES string of the molecule is COc1cc(NCc2ccc(C(=O)Nc3c(C)nn(C)c3C)cc2)cc(OC)c1OC. The third kappa shape index (κ3) is 4.74. The summed E-state index contributed by atoms with van der Waals surface area (Å²) in [6, 6.07) is 11.2. The van der Waals surface area contributed by atoms with Crippen LogP contribution in [-0.4, -0.2) is 37.0 Å². The van der Waals surface area contributed by atoms with E-state index in [0.29, 0.717) is 29.4 Å². The molecule has 0 saturated carbocycles. The van der Waals surface area contributed by atoms with E-state index >= 15 is 0 Å². The number of aromatic nitrogens is 2. The number of aryl methyl sites for hydroxylation is 2. The fourth-order valence-corrected chi connectivity index (χ4v) is 3.30. The second-order valence-corrected chi connectivity index (χ2v) is 7.09. The Kier molecular flexibility index (Phi) is 6.69. The van der Waals surface area contributed by atoms with Crippen LogP contribution in [-0.2, 0) is 13.6 Å². The zero-order chi connectivity index (χ0) is 22.5. The van der Waals surface area contributed by atoms with Crippen molar-refractivity contribution in [3.63, 3.8) is 0 Å². The molecule has 0 aliphatic rings. The molecule has 0 bridgehead atoms. The molecule has 0 aliphatic carbocycles. The number of methoxy groups -OCH3 is 3. The van der Waals surface area contributed by atoms with Gasteiger partial charge in [-0.1, -0.05) is 12.1 Å². The molecule has 164 valence electrons. The van der Waals surface area contributed by atoms with Crippen LogP contribution in [0.5, 0.6) is 17.2 Å². The van der Waals surface area contributed by atoms with Crippen molar-refractivity contribution in [3.05, 3.63) is 58.9 Å². The van der Waals surface area contributed by atoms with Crippen LogP contribution in [0.1, 0.15) is 27.3 Å². The van der Waals surface area contributed by atoms with Crippen molar-refractivity contribution in [2.75, 3.05) is 32.0 Å². The van der Waals surface area contributed by atoms with Crippen LogP contribution in [0.2, 0.25) is 0 Å². The maximum absolute atomic E-state index is 12.6. The summed E-state index contributed by atoms with van der Waals surface area (Å²) >= 11 is 0. The molecule has 1 amide bonds. The number of anilines is 2. The Morgan fingerprint density at radius 3 is 2.10 bits per heavy atom. The largest absolute Gasteiger partial charge is 0.493 e. The summed E-state index contributed by atoms with van der Waals surface area (Å²) in [7, 11) is 6.59. The minimum Gasteiger partial charge on any atom is -0.493 e. The van der Waals surface area contributed by atoms with Crippen LogP contribution in [0, 0.1) is 13.8 Å². The number of rotatable bonds is 8. The Bertz CT molecular complexity index is 1050. The number of carbonyl (C=O) groups excluding carboxylic acids is 1. The minimum atomic E-state index is -0.164. The lowest BCUT2D eigenvalue weighted by atomic mass is 10.1. The Hall–Kier alpha value is -3.68. The van der Waals surface area contributed by atoms with E-state index in [4.69, 9.17) is 14.2 Å². The van der Waals surface area contributed by atoms with Crippen LogP contribution < -0.4 is 24.8 Å². The molecule has 0 spiro atoms. The van der Waals surface area contributed by atoms with E-state index in [1.807, 2.05) is 57.3 Å². The molecule has 0 radical (unpaired) electrons. The van der Waals surface area contributed by atoms with Gasteiger partial charge in [0.25, 0.3) is 5.91 Å². The van der Waals surface area contributed by atoms with Crippen molar-refractivity contribution in [1.82, 2.24) is 9.78 Å². The van der Waals surface area contributed by atoms with Gasteiger partial charge < -0.3 is 24.8 Å². The minimum absolute atomic E-state index is 0.164. The number of nitrogens with zero attached hydrogens (tertiary/aromatic N) is 2. The molecule has 8 heteroatoms. The van der Waals surface area contributed by atoms with Gasteiger partial charge in [0, 0.05) is 37.0 Å². The van der Waals surface area contributed by atoms with Gasteiger partial charge in [0.1, 0.15) is 0 Å². The molecule has 0 aliphatic heterocycles. The van der Waals surface area contributed by atoms with E-state index in [1.54, 1.807) is 26.0 Å². The first-order valence-corrected chi connectivity index (χ1v) is 9.82. The third-order valence-electron chi connectivity index (χ3n) is 5.13. The molecule has 0 atom stereocenters. The van der Waals surface area contributed by atoms with Crippen molar-refractivity contribution in [1.29, 1.82) is 0 Å². The van der Waals surface area contributed by atoms with E-state index in [2.05, 4.69) is 15.7 Å². The Labute approximate surface area is 182 Å². The number of amides is 1. The standard InChI is InChI=1S/C23H28N4O4/c1-14-21(15(2)27(3)26-14)25-23(28)17-9-7-16(8-10-17)13-24-18-11-19(29-4)22(31-6)20(12-18)30-5/h7-12,24H,13H2,1-6H3,(H,25,28). The lowest BCUT2D eigenvalue weighted by Gasteiger charge is -2.15. The highest BCUT2D eigenvalue weighted by Crippen LogP contribution is 2.40. The first kappa shape index (κ1) is 22.0. The van der Waals surface area contributed by atoms with E-state index < -0.39 is 0 Å². The van der Waals surface area contributed by atoms with Gasteiger partial charge in [-0.3, -0.25) is 9.48 Å². The van der Waals surface area contributed by atoms with Gasteiger partial charge in [-0.25, -0.2) is 0 Å². The molecule has 31 heavy (non-hydrogen) atoms. The van der Waals surface area contributed by atoms with Gasteiger partial charge in [-0.2, -0.15) is 5.10 Å². The topological polar surface area (TPSA) is 86.6 Å². The quantitative estimate of drug-likeness (QED) is 0.570. The predicted molar refractivity (Wildman–Crippen MR) is 121 cm³/mol. The highest BCUT2D eigenvalue weighted by Gasteiger charge is 2.15. The first-order valence-electron chi connectivity index (χ1n) is 9.82. The first-order chi connectivity index (χ1) is 14.9. The maximum atomic E-state index is 12.6. The molecule has 8 nitrogen and oxygen atoms in total. The molecule has 2 N–H and O–H groups in total. The van der Waals surface area contributed by atoms with Gasteiger partial charge in [0.2, 0.25) is 5.75 Å². The molecule has 1 heterocycles. The van der Waals surface area contributed by atoms with Crippen molar-refractivity contribution in [2.45, 2.75) is 20.4 Å². The molecule has 2 aromatic carbocycles. The summed E-state index contributed by atoms with van der Waals surface area (Å²) in [5.74, 6) is 1.54. The molecule has 0 saturated heterocycles. The fraction of sp³-hybridized carbons (Fsp3) is 0.304. The summed E-state index contributed by atoms with van der Waals surface area (Å²) in [5, 5.41) is 10.6. The van der Waals surface area contributed by atoms with E-state index in [9.17, 15) is 4.79 Å². The zero-order valence-electron chi connectivity index (χ0n) is 18.7. The summed E-state index contributed by atoms with van der Waals surface area (Å²) in [6.07, 6.45) is 0. The molecule has 3 rings (SSSR count). The van der Waals surface area contributed by atoms with Crippen molar-refractivity contribution in [3.8, 4) is 17.2 Å². The lowest BCUT2D eigenvalue weighted by molar-refractivity contribution is 0.102. The number of carbonyl (C=O) groups is 1. The molecule has 1 aromatic heterocycles. The van der Waals surface area contributed by atoms with Crippen LogP contribution in [0.4, 0.5) is 11.4 Å². The van der Waals surface area contributed by atoms with Gasteiger partial charge in [-0.05, 0) is 31.5 Å². The maximum Gasteiger partial charge on any atom is 0.255 e. The Morgan fingerprint density at radius 1 is 1.00 bits per heavy atom. The van der Waals surface area contributed by atoms with Crippen LogP contribution in [0.25, 0.3) is 0 Å². The Balaban J connectivity index is 1.68. The summed E-state index contributed by atoms with van der Waals surface area (Å²) in [5.41, 5.74) is 4.90. The normalized spacial score (nSPS) is 10.5. The monoisotopic (exact) mass is 424 g/mol. The molecule has 0 fully saturated rings. The Morgan fingerprint density at radius 2 is 1.61 bits per heavy atom. The van der Waals surface area contributed by atoms with E-state index in [1.165, 1.54) is 0 Å². The zero-order valence-corrected chi connectivity index (χ0v) is 18.7. The average Bonchev–Trinajstić information content (AvgIpc) is 3.02. The predicted octanol–water partition coefficient (Wildman–Crippen LogP) is 3.93. The van der Waals surface area contributed by atoms with Crippen LogP contribution in [0.15, 0.2) is 36.4 Å². The van der Waals surface area contributed by atoms with Gasteiger partial charge in [-0.15, -0.1) is 0 Å². The van der Waals surface area contributed by atoms with Crippen molar-refractivity contribution in [2.24, 2.45) is 7.05 Å². The second kappa shape index (κ2) is 9.42. The van der Waals surface area contributed by atoms with Crippen molar-refractivity contribution < 1.29 is 19.0 Å². The number of nitrogens with one attached hydrogen (secondary N) is 2. The number of benzene rings is 2. The summed E-state index contributed by atoms with van der Waals surface area (Å²) < 4.78 is 17.9. The summed E-state index contributed by atoms with van der Waals surface area (Å²) in [6.45, 7) is 4.37. The third-order valence-corrected chi connectivity index (χ3v) is 5.13. The number of ether oxygens (including phenoxy) is 3. The van der Waals surface area contributed by atoms with Crippen LogP contribution >= 0.6 is 0 Å². The highest BCUT2D eigenvalue weighted by molar-refractivity contribution is 6.04. The van der Waals surface area contributed by atoms with Gasteiger partial charge >= 0.3 is 0 Å². The molecular weight excluding hydrogens is 396 g/mol. The van der Waals surface area contributed by atoms with Crippen LogP contribution in [0.3, 0.4) is 0 Å². The van der Waals surface area contributed by atoms with Gasteiger partial charge in [0.05, 0.1) is 38.4 Å². The highest BCUT2D eigenvalue weighted by atomic mass is 16.5.